The molecule has 0 aliphatic carbocycles. The summed E-state index contributed by atoms with van der Waals surface area (Å²) in [6.07, 6.45) is 2.60. The lowest BCUT2D eigenvalue weighted by Crippen LogP contribution is -2.42. The first kappa shape index (κ1) is 23.2. The molecule has 168 valence electrons. The molecule has 11 heteroatoms. The standard InChI is InChI=1S/C21H25N7O3S/c1-3-23-19(30)14(11-22)21-28(4-2)20(31)15(32-21)12-24-16-7-5-8-17(25-16)26-18(29)13-27-9-6-10-27/h5,7-8,12H,3-4,6,9-10,13H2,1-2H3,(H,23,30)(H2,24,25,26,29). The molecule has 3 heterocycles. The van der Waals surface area contributed by atoms with Gasteiger partial charge in [0.15, 0.2) is 5.57 Å². The fourth-order valence-electron chi connectivity index (χ4n) is 3.09. The number of carbonyl (C=O) groups excluding carboxylic acids is 2. The summed E-state index contributed by atoms with van der Waals surface area (Å²) in [6, 6.07) is 7.04. The van der Waals surface area contributed by atoms with Crippen LogP contribution in [0.2, 0.25) is 0 Å². The van der Waals surface area contributed by atoms with E-state index in [1.54, 1.807) is 32.0 Å². The summed E-state index contributed by atoms with van der Waals surface area (Å²) in [6.45, 7) is 6.43. The van der Waals surface area contributed by atoms with E-state index in [0.717, 1.165) is 30.8 Å². The molecule has 2 amide bonds. The number of amides is 2. The van der Waals surface area contributed by atoms with Crippen LogP contribution in [0.15, 0.2) is 23.0 Å². The van der Waals surface area contributed by atoms with Crippen LogP contribution in [0.25, 0.3) is 11.8 Å². The lowest BCUT2D eigenvalue weighted by Gasteiger charge is -2.29. The van der Waals surface area contributed by atoms with Crippen molar-refractivity contribution in [1.29, 1.82) is 5.26 Å². The highest BCUT2D eigenvalue weighted by molar-refractivity contribution is 7.07. The molecule has 0 atom stereocenters. The second-order valence-corrected chi connectivity index (χ2v) is 8.07. The van der Waals surface area contributed by atoms with Crippen LogP contribution in [0.3, 0.4) is 0 Å². The molecular formula is C21H25N7O3S. The summed E-state index contributed by atoms with van der Waals surface area (Å²) in [5, 5.41) is 17.8. The predicted octanol–water partition coefficient (Wildman–Crippen LogP) is -0.371. The summed E-state index contributed by atoms with van der Waals surface area (Å²) < 4.78 is 2.03. The molecule has 0 bridgehead atoms. The van der Waals surface area contributed by atoms with Crippen molar-refractivity contribution >= 4 is 46.6 Å². The molecule has 32 heavy (non-hydrogen) atoms. The Morgan fingerprint density at radius 2 is 2.03 bits per heavy atom. The van der Waals surface area contributed by atoms with Gasteiger partial charge in [-0.2, -0.15) is 5.26 Å². The van der Waals surface area contributed by atoms with Crippen molar-refractivity contribution < 1.29 is 9.59 Å². The number of rotatable bonds is 8. The third-order valence-electron chi connectivity index (χ3n) is 4.80. The Morgan fingerprint density at radius 1 is 1.28 bits per heavy atom. The van der Waals surface area contributed by atoms with Gasteiger partial charge in [-0.15, -0.1) is 11.3 Å². The van der Waals surface area contributed by atoms with Gasteiger partial charge in [-0.25, -0.2) is 4.98 Å². The Labute approximate surface area is 188 Å². The van der Waals surface area contributed by atoms with Gasteiger partial charge in [0.2, 0.25) is 5.91 Å². The zero-order valence-corrected chi connectivity index (χ0v) is 18.8. The predicted molar refractivity (Wildman–Crippen MR) is 123 cm³/mol. The third-order valence-corrected chi connectivity index (χ3v) is 5.93. The van der Waals surface area contributed by atoms with E-state index < -0.39 is 5.91 Å². The van der Waals surface area contributed by atoms with Gasteiger partial charge < -0.3 is 16.0 Å². The van der Waals surface area contributed by atoms with E-state index in [0.29, 0.717) is 40.5 Å². The molecule has 1 saturated heterocycles. The molecule has 0 saturated carbocycles. The fraction of sp³-hybridized carbons (Fsp3) is 0.381. The summed E-state index contributed by atoms with van der Waals surface area (Å²) >= 11 is 1.06. The molecule has 2 aromatic heterocycles. The van der Waals surface area contributed by atoms with Crippen molar-refractivity contribution in [3.05, 3.63) is 37.7 Å². The van der Waals surface area contributed by atoms with Gasteiger partial charge >= 0.3 is 0 Å². The van der Waals surface area contributed by atoms with E-state index in [9.17, 15) is 19.6 Å². The first-order chi connectivity index (χ1) is 15.5. The van der Waals surface area contributed by atoms with Crippen LogP contribution in [0.1, 0.15) is 20.3 Å². The first-order valence-corrected chi connectivity index (χ1v) is 11.2. The van der Waals surface area contributed by atoms with Gasteiger partial charge in [0.05, 0.1) is 6.54 Å². The second-order valence-electron chi connectivity index (χ2n) is 7.04. The van der Waals surface area contributed by atoms with E-state index in [2.05, 4.69) is 20.9 Å². The van der Waals surface area contributed by atoms with Crippen molar-refractivity contribution in [2.24, 2.45) is 0 Å². The Kier molecular flexibility index (Phi) is 7.75. The molecule has 1 aliphatic rings. The number of anilines is 2. The van der Waals surface area contributed by atoms with Crippen LogP contribution in [-0.2, 0) is 16.1 Å². The summed E-state index contributed by atoms with van der Waals surface area (Å²) in [5.41, 5.74) is -0.406. The number of thiazole rings is 1. The Hall–Kier alpha value is -3.49. The number of hydrogen-bond acceptors (Lipinski definition) is 8. The number of likely N-dealkylation sites (tertiary alicyclic amines) is 1. The van der Waals surface area contributed by atoms with Crippen molar-refractivity contribution in [2.45, 2.75) is 26.8 Å². The highest BCUT2D eigenvalue weighted by atomic mass is 32.1. The van der Waals surface area contributed by atoms with Gasteiger partial charge in [0.1, 0.15) is 26.9 Å². The second kappa shape index (κ2) is 10.7. The number of carbonyl (C=O) groups is 2. The number of nitrogens with one attached hydrogen (secondary N) is 3. The smallest absolute Gasteiger partial charge is 0.270 e. The first-order valence-electron chi connectivity index (χ1n) is 10.3. The van der Waals surface area contributed by atoms with Crippen LogP contribution in [0.5, 0.6) is 0 Å². The maximum atomic E-state index is 12.8. The molecule has 3 rings (SSSR count). The molecule has 10 nitrogen and oxygen atoms in total. The summed E-state index contributed by atoms with van der Waals surface area (Å²) in [4.78, 5) is 43.4. The Bertz CT molecular complexity index is 1220. The van der Waals surface area contributed by atoms with Crippen LogP contribution < -0.4 is 30.7 Å². The van der Waals surface area contributed by atoms with Crippen molar-refractivity contribution in [1.82, 2.24) is 19.8 Å². The van der Waals surface area contributed by atoms with Crippen molar-refractivity contribution in [2.75, 3.05) is 36.8 Å². The zero-order valence-electron chi connectivity index (χ0n) is 18.0. The average molecular weight is 456 g/mol. The van der Waals surface area contributed by atoms with E-state index >= 15 is 0 Å². The van der Waals surface area contributed by atoms with Crippen molar-refractivity contribution in [3.8, 4) is 6.07 Å². The van der Waals surface area contributed by atoms with Gasteiger partial charge in [0, 0.05) is 19.3 Å². The average Bonchev–Trinajstić information content (AvgIpc) is 3.05. The Morgan fingerprint density at radius 3 is 2.66 bits per heavy atom. The lowest BCUT2D eigenvalue weighted by atomic mass is 10.2. The molecule has 3 N–H and O–H groups in total. The Balaban J connectivity index is 1.84. The minimum absolute atomic E-state index is 0.0968. The quantitative estimate of drug-likeness (QED) is 0.495. The SMILES string of the molecule is CCNC(=O)C(C#N)=c1sc(=CNc2cccc(NC(=O)CN3CCC3)n2)c(=O)n1CC. The third kappa shape index (κ3) is 5.40. The minimum Gasteiger partial charge on any atom is -0.352 e. The highest BCUT2D eigenvalue weighted by Crippen LogP contribution is 2.10. The van der Waals surface area contributed by atoms with Gasteiger partial charge in [0.25, 0.3) is 11.5 Å². The molecule has 2 aromatic rings. The molecule has 1 aliphatic heterocycles. The van der Waals surface area contributed by atoms with E-state index in [-0.39, 0.29) is 17.0 Å². The maximum absolute atomic E-state index is 12.8. The van der Waals surface area contributed by atoms with E-state index in [4.69, 9.17) is 0 Å². The zero-order chi connectivity index (χ0) is 23.1. The molecule has 0 spiro atoms. The fourth-order valence-corrected chi connectivity index (χ4v) is 4.17. The molecule has 0 radical (unpaired) electrons. The van der Waals surface area contributed by atoms with Crippen LogP contribution >= 0.6 is 11.3 Å². The minimum atomic E-state index is -0.513. The number of pyridine rings is 1. The number of nitrogens with zero attached hydrogens (tertiary/aromatic N) is 4. The molecule has 0 aromatic carbocycles. The number of aromatic nitrogens is 2. The highest BCUT2D eigenvalue weighted by Gasteiger charge is 2.17. The molecule has 0 unspecified atom stereocenters. The molecular weight excluding hydrogens is 430 g/mol. The number of nitriles is 1. The van der Waals surface area contributed by atoms with Gasteiger partial charge in [-0.3, -0.25) is 23.9 Å². The lowest BCUT2D eigenvalue weighted by molar-refractivity contribution is -0.118. The monoisotopic (exact) mass is 455 g/mol. The number of hydrogen-bond donors (Lipinski definition) is 3. The van der Waals surface area contributed by atoms with E-state index in [1.807, 2.05) is 11.0 Å². The van der Waals surface area contributed by atoms with Crippen LogP contribution in [0, 0.1) is 11.3 Å². The van der Waals surface area contributed by atoms with Gasteiger partial charge in [-0.05, 0) is 45.5 Å². The van der Waals surface area contributed by atoms with Crippen LogP contribution in [-0.4, -0.2) is 52.4 Å². The van der Waals surface area contributed by atoms with Crippen LogP contribution in [0.4, 0.5) is 11.6 Å². The van der Waals surface area contributed by atoms with E-state index in [1.165, 1.54) is 10.8 Å². The normalized spacial score (nSPS) is 14.8. The largest absolute Gasteiger partial charge is 0.352 e. The van der Waals surface area contributed by atoms with Gasteiger partial charge in [-0.1, -0.05) is 6.07 Å². The summed E-state index contributed by atoms with van der Waals surface area (Å²) in [5.74, 6) is 0.207. The van der Waals surface area contributed by atoms with Crippen molar-refractivity contribution in [3.63, 3.8) is 0 Å². The maximum Gasteiger partial charge on any atom is 0.270 e. The molecule has 1 fully saturated rings. The summed E-state index contributed by atoms with van der Waals surface area (Å²) in [7, 11) is 0. The topological polar surface area (TPSA) is 132 Å².